The summed E-state index contributed by atoms with van der Waals surface area (Å²) in [6, 6.07) is 9.67. The topological polar surface area (TPSA) is 60.9 Å². The predicted molar refractivity (Wildman–Crippen MR) is 69.0 cm³/mol. The number of carbonyl (C=O) groups is 2. The first kappa shape index (κ1) is 12.9. The van der Waals surface area contributed by atoms with Gasteiger partial charge >= 0.3 is 5.97 Å². The lowest BCUT2D eigenvalue weighted by molar-refractivity contribution is -0.138. The van der Waals surface area contributed by atoms with Crippen LogP contribution >= 0.6 is 11.8 Å². The van der Waals surface area contributed by atoms with E-state index in [9.17, 15) is 9.59 Å². The molecular weight excluding hydrogens is 252 g/mol. The van der Waals surface area contributed by atoms with Crippen molar-refractivity contribution in [2.45, 2.75) is 6.54 Å². The SMILES string of the molecule is O=C(O)CN1CSC(=O)N(Cc2ccccc2)C1. The van der Waals surface area contributed by atoms with Gasteiger partial charge in [0, 0.05) is 6.54 Å². The van der Waals surface area contributed by atoms with Crippen molar-refractivity contribution < 1.29 is 14.7 Å². The average Bonchev–Trinajstić information content (AvgIpc) is 2.34. The Balaban J connectivity index is 1.97. The molecule has 0 aromatic heterocycles. The maximum atomic E-state index is 11.7. The summed E-state index contributed by atoms with van der Waals surface area (Å²) >= 11 is 1.15. The number of carboxylic acids is 1. The molecule has 0 spiro atoms. The van der Waals surface area contributed by atoms with Crippen LogP contribution in [-0.2, 0) is 11.3 Å². The average molecular weight is 266 g/mol. The minimum absolute atomic E-state index is 0.000455. The van der Waals surface area contributed by atoms with E-state index in [0.717, 1.165) is 17.3 Å². The number of aliphatic carboxylic acids is 1. The highest BCUT2D eigenvalue weighted by atomic mass is 32.2. The number of rotatable bonds is 4. The van der Waals surface area contributed by atoms with Crippen LogP contribution in [0.5, 0.6) is 0 Å². The Labute approximate surface area is 109 Å². The van der Waals surface area contributed by atoms with Crippen molar-refractivity contribution in [2.75, 3.05) is 19.1 Å². The minimum atomic E-state index is -0.871. The van der Waals surface area contributed by atoms with E-state index < -0.39 is 5.97 Å². The zero-order valence-electron chi connectivity index (χ0n) is 9.78. The van der Waals surface area contributed by atoms with Crippen LogP contribution in [0.1, 0.15) is 5.56 Å². The summed E-state index contributed by atoms with van der Waals surface area (Å²) in [5.74, 6) is -0.430. The number of carboxylic acid groups (broad SMARTS) is 1. The number of thioether (sulfide) groups is 1. The van der Waals surface area contributed by atoms with Crippen LogP contribution in [0.15, 0.2) is 30.3 Å². The third kappa shape index (κ3) is 3.48. The lowest BCUT2D eigenvalue weighted by atomic mass is 10.2. The molecule has 18 heavy (non-hydrogen) atoms. The quantitative estimate of drug-likeness (QED) is 0.898. The van der Waals surface area contributed by atoms with Crippen LogP contribution in [0, 0.1) is 0 Å². The molecule has 1 aliphatic rings. The van der Waals surface area contributed by atoms with E-state index in [-0.39, 0.29) is 11.8 Å². The first-order valence-corrected chi connectivity index (χ1v) is 6.53. The summed E-state index contributed by atoms with van der Waals surface area (Å²) in [6.45, 7) is 0.849. The summed E-state index contributed by atoms with van der Waals surface area (Å²) in [7, 11) is 0. The second-order valence-electron chi connectivity index (χ2n) is 4.09. The predicted octanol–water partition coefficient (Wildman–Crippen LogP) is 1.66. The fourth-order valence-corrected chi connectivity index (χ4v) is 2.55. The van der Waals surface area contributed by atoms with Gasteiger partial charge in [-0.1, -0.05) is 30.3 Å². The number of nitrogens with zero attached hydrogens (tertiary/aromatic N) is 2. The molecule has 1 aliphatic heterocycles. The highest BCUT2D eigenvalue weighted by molar-refractivity contribution is 8.13. The molecule has 1 N–H and O–H groups in total. The number of amides is 1. The third-order valence-electron chi connectivity index (χ3n) is 2.57. The molecule has 5 nitrogen and oxygen atoms in total. The molecule has 0 unspecified atom stereocenters. The van der Waals surface area contributed by atoms with Crippen LogP contribution in [-0.4, -0.2) is 45.2 Å². The van der Waals surface area contributed by atoms with Gasteiger partial charge in [0.05, 0.1) is 19.1 Å². The maximum absolute atomic E-state index is 11.7. The Bertz CT molecular complexity index is 438. The van der Waals surface area contributed by atoms with Crippen LogP contribution < -0.4 is 0 Å². The van der Waals surface area contributed by atoms with Gasteiger partial charge in [-0.15, -0.1) is 0 Å². The number of hydrogen-bond donors (Lipinski definition) is 1. The van der Waals surface area contributed by atoms with Crippen molar-refractivity contribution in [1.29, 1.82) is 0 Å². The molecule has 1 saturated heterocycles. The maximum Gasteiger partial charge on any atom is 0.317 e. The van der Waals surface area contributed by atoms with Gasteiger partial charge in [-0.25, -0.2) is 0 Å². The molecule has 2 rings (SSSR count). The van der Waals surface area contributed by atoms with E-state index in [2.05, 4.69) is 0 Å². The molecule has 0 saturated carbocycles. The molecule has 0 radical (unpaired) electrons. The highest BCUT2D eigenvalue weighted by Crippen LogP contribution is 2.20. The smallest absolute Gasteiger partial charge is 0.317 e. The summed E-state index contributed by atoms with van der Waals surface area (Å²) in [5.41, 5.74) is 1.05. The van der Waals surface area contributed by atoms with E-state index >= 15 is 0 Å². The summed E-state index contributed by atoms with van der Waals surface area (Å²) in [4.78, 5) is 25.8. The summed E-state index contributed by atoms with van der Waals surface area (Å²) < 4.78 is 0. The summed E-state index contributed by atoms with van der Waals surface area (Å²) in [5, 5.41) is 8.75. The monoisotopic (exact) mass is 266 g/mol. The first-order valence-electron chi connectivity index (χ1n) is 5.55. The minimum Gasteiger partial charge on any atom is -0.480 e. The molecule has 96 valence electrons. The molecule has 1 heterocycles. The van der Waals surface area contributed by atoms with Crippen molar-refractivity contribution in [1.82, 2.24) is 9.80 Å². The molecule has 1 amide bonds. The van der Waals surface area contributed by atoms with Gasteiger partial charge in [0.25, 0.3) is 5.24 Å². The highest BCUT2D eigenvalue weighted by Gasteiger charge is 2.25. The number of benzene rings is 1. The zero-order valence-corrected chi connectivity index (χ0v) is 10.6. The van der Waals surface area contributed by atoms with E-state index in [4.69, 9.17) is 5.11 Å². The molecule has 0 bridgehead atoms. The zero-order chi connectivity index (χ0) is 13.0. The van der Waals surface area contributed by atoms with Crippen LogP contribution in [0.2, 0.25) is 0 Å². The van der Waals surface area contributed by atoms with Crippen molar-refractivity contribution in [3.8, 4) is 0 Å². The fourth-order valence-electron chi connectivity index (χ4n) is 1.78. The van der Waals surface area contributed by atoms with Crippen molar-refractivity contribution in [3.63, 3.8) is 0 Å². The van der Waals surface area contributed by atoms with Gasteiger partial charge in [0.15, 0.2) is 0 Å². The number of carbonyl (C=O) groups excluding carboxylic acids is 1. The van der Waals surface area contributed by atoms with E-state index in [1.165, 1.54) is 0 Å². The van der Waals surface area contributed by atoms with Crippen LogP contribution in [0.4, 0.5) is 4.79 Å². The lowest BCUT2D eigenvalue weighted by Crippen LogP contribution is -2.46. The van der Waals surface area contributed by atoms with Gasteiger partial charge in [-0.2, -0.15) is 0 Å². The van der Waals surface area contributed by atoms with Gasteiger partial charge in [-0.05, 0) is 17.3 Å². The fraction of sp³-hybridized carbons (Fsp3) is 0.333. The van der Waals surface area contributed by atoms with Gasteiger partial charge in [0.1, 0.15) is 0 Å². The van der Waals surface area contributed by atoms with Gasteiger partial charge in [-0.3, -0.25) is 14.5 Å². The van der Waals surface area contributed by atoms with Crippen molar-refractivity contribution >= 4 is 23.0 Å². The Morgan fingerprint density at radius 1 is 1.33 bits per heavy atom. The van der Waals surface area contributed by atoms with E-state index in [0.29, 0.717) is 19.1 Å². The van der Waals surface area contributed by atoms with E-state index in [1.54, 1.807) is 9.80 Å². The number of hydrogen-bond acceptors (Lipinski definition) is 4. The van der Waals surface area contributed by atoms with E-state index in [1.807, 2.05) is 30.3 Å². The Hall–Kier alpha value is -1.53. The first-order chi connectivity index (χ1) is 8.65. The third-order valence-corrected chi connectivity index (χ3v) is 3.57. The molecule has 1 aromatic rings. The van der Waals surface area contributed by atoms with Gasteiger partial charge in [0.2, 0.25) is 0 Å². The Morgan fingerprint density at radius 2 is 2.06 bits per heavy atom. The Morgan fingerprint density at radius 3 is 2.72 bits per heavy atom. The molecule has 0 aliphatic carbocycles. The normalized spacial score (nSPS) is 16.9. The molecule has 1 aromatic carbocycles. The molecular formula is C12H14N2O3S. The molecule has 1 fully saturated rings. The summed E-state index contributed by atoms with van der Waals surface area (Å²) in [6.07, 6.45) is 0. The molecule has 0 atom stereocenters. The Kier molecular flexibility index (Phi) is 4.22. The van der Waals surface area contributed by atoms with Crippen molar-refractivity contribution in [2.24, 2.45) is 0 Å². The van der Waals surface area contributed by atoms with Crippen LogP contribution in [0.3, 0.4) is 0 Å². The lowest BCUT2D eigenvalue weighted by Gasteiger charge is -2.33. The van der Waals surface area contributed by atoms with Gasteiger partial charge < -0.3 is 10.0 Å². The van der Waals surface area contributed by atoms with Crippen LogP contribution in [0.25, 0.3) is 0 Å². The second-order valence-corrected chi connectivity index (χ2v) is 4.98. The largest absolute Gasteiger partial charge is 0.480 e. The standard InChI is InChI=1S/C12H14N2O3S/c15-11(16)7-13-8-14(12(17)18-9-13)6-10-4-2-1-3-5-10/h1-5H,6-9H2,(H,15,16). The second kappa shape index (κ2) is 5.88. The van der Waals surface area contributed by atoms with Crippen molar-refractivity contribution in [3.05, 3.63) is 35.9 Å². The molecule has 6 heteroatoms.